The van der Waals surface area contributed by atoms with Crippen molar-refractivity contribution in [2.24, 2.45) is 11.8 Å². The molecule has 2 aromatic heterocycles. The van der Waals surface area contributed by atoms with Crippen LogP contribution in [0.4, 0.5) is 0 Å². The summed E-state index contributed by atoms with van der Waals surface area (Å²) < 4.78 is 1.66. The van der Waals surface area contributed by atoms with Crippen LogP contribution in [0.3, 0.4) is 0 Å². The SMILES string of the molecule is CC(Cn1c(SCC(=O)O)nc2sccc2c1=O)C1CC1. The van der Waals surface area contributed by atoms with E-state index in [9.17, 15) is 9.59 Å². The van der Waals surface area contributed by atoms with Crippen molar-refractivity contribution < 1.29 is 9.90 Å². The summed E-state index contributed by atoms with van der Waals surface area (Å²) in [4.78, 5) is 28.6. The molecule has 112 valence electrons. The van der Waals surface area contributed by atoms with Gasteiger partial charge in [0.15, 0.2) is 5.16 Å². The molecule has 5 nitrogen and oxygen atoms in total. The second-order valence-electron chi connectivity index (χ2n) is 5.45. The van der Waals surface area contributed by atoms with E-state index in [1.807, 2.05) is 5.38 Å². The Balaban J connectivity index is 1.99. The van der Waals surface area contributed by atoms with Crippen molar-refractivity contribution in [3.63, 3.8) is 0 Å². The molecule has 0 bridgehead atoms. The molecule has 1 unspecified atom stereocenters. The first kappa shape index (κ1) is 14.6. The average molecular weight is 324 g/mol. The fourth-order valence-electron chi connectivity index (χ4n) is 2.43. The molecule has 0 aliphatic heterocycles. The Bertz CT molecular complexity index is 733. The molecule has 3 rings (SSSR count). The van der Waals surface area contributed by atoms with E-state index in [-0.39, 0.29) is 11.3 Å². The molecule has 0 amide bonds. The maximum Gasteiger partial charge on any atom is 0.313 e. The fourth-order valence-corrected chi connectivity index (χ4v) is 3.96. The van der Waals surface area contributed by atoms with Gasteiger partial charge in [-0.3, -0.25) is 14.2 Å². The highest BCUT2D eigenvalue weighted by Crippen LogP contribution is 2.37. The Kier molecular flexibility index (Phi) is 4.03. The Morgan fingerprint density at radius 1 is 1.62 bits per heavy atom. The molecule has 1 aliphatic rings. The third-order valence-electron chi connectivity index (χ3n) is 3.77. The number of carbonyl (C=O) groups is 1. The number of aliphatic carboxylic acids is 1. The summed E-state index contributed by atoms with van der Waals surface area (Å²) in [6.45, 7) is 2.76. The molecule has 0 radical (unpaired) electrons. The van der Waals surface area contributed by atoms with E-state index in [4.69, 9.17) is 5.11 Å². The summed E-state index contributed by atoms with van der Waals surface area (Å²) in [6.07, 6.45) is 2.45. The van der Waals surface area contributed by atoms with Crippen molar-refractivity contribution in [2.45, 2.75) is 31.5 Å². The van der Waals surface area contributed by atoms with Crippen molar-refractivity contribution in [1.29, 1.82) is 0 Å². The van der Waals surface area contributed by atoms with Crippen LogP contribution in [0.5, 0.6) is 0 Å². The summed E-state index contributed by atoms with van der Waals surface area (Å²) in [5, 5.41) is 11.8. The number of thiophene rings is 1. The second kappa shape index (κ2) is 5.81. The Morgan fingerprint density at radius 3 is 3.05 bits per heavy atom. The van der Waals surface area contributed by atoms with Gasteiger partial charge in [0.1, 0.15) is 4.83 Å². The van der Waals surface area contributed by atoms with Crippen LogP contribution in [0.15, 0.2) is 21.4 Å². The van der Waals surface area contributed by atoms with E-state index in [1.165, 1.54) is 24.2 Å². The summed E-state index contributed by atoms with van der Waals surface area (Å²) in [7, 11) is 0. The molecular weight excluding hydrogens is 308 g/mol. The summed E-state index contributed by atoms with van der Waals surface area (Å²) >= 11 is 2.53. The third kappa shape index (κ3) is 3.13. The normalized spacial score (nSPS) is 16.2. The van der Waals surface area contributed by atoms with Crippen LogP contribution in [0.2, 0.25) is 0 Å². The molecule has 1 fully saturated rings. The molecule has 2 aromatic rings. The molecule has 0 saturated heterocycles. The van der Waals surface area contributed by atoms with E-state index in [1.54, 1.807) is 10.6 Å². The predicted octanol–water partition coefficient (Wildman–Crippen LogP) is 2.68. The maximum atomic E-state index is 12.6. The third-order valence-corrected chi connectivity index (χ3v) is 5.54. The smallest absolute Gasteiger partial charge is 0.313 e. The van der Waals surface area contributed by atoms with E-state index < -0.39 is 5.97 Å². The number of hydrogen-bond acceptors (Lipinski definition) is 5. The van der Waals surface area contributed by atoms with Gasteiger partial charge in [0, 0.05) is 6.54 Å². The lowest BCUT2D eigenvalue weighted by molar-refractivity contribution is -0.133. The number of thioether (sulfide) groups is 1. The fraction of sp³-hybridized carbons (Fsp3) is 0.500. The molecule has 1 N–H and O–H groups in total. The zero-order chi connectivity index (χ0) is 15.0. The van der Waals surface area contributed by atoms with Crippen LogP contribution >= 0.6 is 23.1 Å². The number of carboxylic acid groups (broad SMARTS) is 1. The number of rotatable bonds is 6. The highest BCUT2D eigenvalue weighted by atomic mass is 32.2. The molecule has 1 saturated carbocycles. The summed E-state index contributed by atoms with van der Waals surface area (Å²) in [6, 6.07) is 1.79. The van der Waals surface area contributed by atoms with E-state index in [0.29, 0.717) is 33.8 Å². The maximum absolute atomic E-state index is 12.6. The van der Waals surface area contributed by atoms with Gasteiger partial charge in [0.2, 0.25) is 0 Å². The zero-order valence-corrected chi connectivity index (χ0v) is 13.2. The van der Waals surface area contributed by atoms with Crippen molar-refractivity contribution in [2.75, 3.05) is 5.75 Å². The van der Waals surface area contributed by atoms with Gasteiger partial charge in [-0.1, -0.05) is 18.7 Å². The Labute approximate surface area is 130 Å². The van der Waals surface area contributed by atoms with Gasteiger partial charge in [0.25, 0.3) is 5.56 Å². The van der Waals surface area contributed by atoms with Crippen LogP contribution in [0, 0.1) is 11.8 Å². The minimum atomic E-state index is -0.901. The van der Waals surface area contributed by atoms with E-state index >= 15 is 0 Å². The number of nitrogens with zero attached hydrogens (tertiary/aromatic N) is 2. The first-order valence-electron chi connectivity index (χ1n) is 6.89. The Morgan fingerprint density at radius 2 is 2.38 bits per heavy atom. The van der Waals surface area contributed by atoms with Gasteiger partial charge in [0.05, 0.1) is 11.1 Å². The number of aromatic nitrogens is 2. The first-order valence-corrected chi connectivity index (χ1v) is 8.75. The molecular formula is C14H16N2O3S2. The highest BCUT2D eigenvalue weighted by molar-refractivity contribution is 7.99. The topological polar surface area (TPSA) is 72.2 Å². The number of fused-ring (bicyclic) bond motifs is 1. The number of hydrogen-bond donors (Lipinski definition) is 1. The lowest BCUT2D eigenvalue weighted by Gasteiger charge is -2.15. The van der Waals surface area contributed by atoms with Crippen molar-refractivity contribution in [3.8, 4) is 0 Å². The summed E-state index contributed by atoms with van der Waals surface area (Å²) in [5.41, 5.74) is -0.0540. The number of carboxylic acids is 1. The van der Waals surface area contributed by atoms with E-state index in [0.717, 1.165) is 11.8 Å². The average Bonchev–Trinajstić information content (AvgIpc) is 3.19. The first-order chi connectivity index (χ1) is 10.1. The van der Waals surface area contributed by atoms with Crippen molar-refractivity contribution >= 4 is 39.3 Å². The zero-order valence-electron chi connectivity index (χ0n) is 11.6. The molecule has 1 atom stereocenters. The van der Waals surface area contributed by atoms with Crippen LogP contribution < -0.4 is 5.56 Å². The monoisotopic (exact) mass is 324 g/mol. The predicted molar refractivity (Wildman–Crippen MR) is 84.1 cm³/mol. The van der Waals surface area contributed by atoms with Crippen molar-refractivity contribution in [3.05, 3.63) is 21.8 Å². The standard InChI is InChI=1S/C14H16N2O3S2/c1-8(9-2-3-9)6-16-13(19)10-4-5-20-12(10)15-14(16)21-7-11(17)18/h4-5,8-9H,2-3,6-7H2,1H3,(H,17,18). The molecule has 1 aliphatic carbocycles. The minimum absolute atomic E-state index is 0.0540. The quantitative estimate of drug-likeness (QED) is 0.653. The lowest BCUT2D eigenvalue weighted by Crippen LogP contribution is -2.26. The molecule has 7 heteroatoms. The van der Waals surface area contributed by atoms with Crippen LogP contribution in [0.1, 0.15) is 19.8 Å². The molecule has 0 spiro atoms. The van der Waals surface area contributed by atoms with E-state index in [2.05, 4.69) is 11.9 Å². The van der Waals surface area contributed by atoms with Gasteiger partial charge in [-0.25, -0.2) is 4.98 Å². The van der Waals surface area contributed by atoms with Crippen LogP contribution in [-0.2, 0) is 11.3 Å². The van der Waals surface area contributed by atoms with Crippen LogP contribution in [-0.4, -0.2) is 26.4 Å². The molecule has 21 heavy (non-hydrogen) atoms. The molecule has 0 aromatic carbocycles. The Hall–Kier alpha value is -1.34. The van der Waals surface area contributed by atoms with Gasteiger partial charge >= 0.3 is 5.97 Å². The summed E-state index contributed by atoms with van der Waals surface area (Å²) in [5.74, 6) is 0.126. The lowest BCUT2D eigenvalue weighted by atomic mass is 10.1. The van der Waals surface area contributed by atoms with Crippen molar-refractivity contribution in [1.82, 2.24) is 9.55 Å². The van der Waals surface area contributed by atoms with Gasteiger partial charge in [-0.2, -0.15) is 0 Å². The van der Waals surface area contributed by atoms with Gasteiger partial charge in [-0.15, -0.1) is 11.3 Å². The highest BCUT2D eigenvalue weighted by Gasteiger charge is 2.29. The molecule has 2 heterocycles. The van der Waals surface area contributed by atoms with Gasteiger partial charge in [-0.05, 0) is 36.1 Å². The second-order valence-corrected chi connectivity index (χ2v) is 7.28. The van der Waals surface area contributed by atoms with Gasteiger partial charge < -0.3 is 5.11 Å². The van der Waals surface area contributed by atoms with Crippen LogP contribution in [0.25, 0.3) is 10.2 Å². The largest absolute Gasteiger partial charge is 0.481 e. The minimum Gasteiger partial charge on any atom is -0.481 e.